The molecule has 0 aliphatic rings. The molecule has 0 aliphatic carbocycles. The lowest BCUT2D eigenvalue weighted by atomic mass is 10.1. The van der Waals surface area contributed by atoms with Gasteiger partial charge in [-0.2, -0.15) is 5.10 Å². The molecule has 0 atom stereocenters. The van der Waals surface area contributed by atoms with Crippen LogP contribution in [0.3, 0.4) is 0 Å². The predicted molar refractivity (Wildman–Crippen MR) is 65.8 cm³/mol. The number of aromatic amines is 1. The van der Waals surface area contributed by atoms with Gasteiger partial charge in [0.1, 0.15) is 10.6 Å². The highest BCUT2D eigenvalue weighted by Gasteiger charge is 2.16. The molecule has 96 valence electrons. The number of methoxy groups -OCH3 is 1. The van der Waals surface area contributed by atoms with E-state index in [2.05, 4.69) is 10.2 Å². The monoisotopic (exact) mass is 267 g/mol. The second kappa shape index (κ2) is 4.79. The van der Waals surface area contributed by atoms with Crippen molar-refractivity contribution >= 4 is 10.0 Å². The van der Waals surface area contributed by atoms with Gasteiger partial charge in [-0.3, -0.25) is 5.10 Å². The molecule has 18 heavy (non-hydrogen) atoms. The van der Waals surface area contributed by atoms with Gasteiger partial charge < -0.3 is 4.74 Å². The van der Waals surface area contributed by atoms with E-state index in [1.807, 2.05) is 12.1 Å². The topological polar surface area (TPSA) is 98.1 Å². The fourth-order valence-electron chi connectivity index (χ4n) is 1.62. The van der Waals surface area contributed by atoms with Crippen LogP contribution in [0, 0.1) is 0 Å². The minimum Gasteiger partial charge on any atom is -0.497 e. The molecule has 1 aromatic carbocycles. The van der Waals surface area contributed by atoms with Crippen molar-refractivity contribution in [3.63, 3.8) is 0 Å². The second-order valence-electron chi connectivity index (χ2n) is 3.77. The van der Waals surface area contributed by atoms with Crippen molar-refractivity contribution in [2.75, 3.05) is 7.11 Å². The lowest BCUT2D eigenvalue weighted by Crippen LogP contribution is -2.13. The van der Waals surface area contributed by atoms with E-state index in [0.717, 1.165) is 11.3 Å². The van der Waals surface area contributed by atoms with Gasteiger partial charge in [0.15, 0.2) is 0 Å². The van der Waals surface area contributed by atoms with Crippen molar-refractivity contribution in [2.24, 2.45) is 5.14 Å². The summed E-state index contributed by atoms with van der Waals surface area (Å²) in [6.45, 7) is 0. The molecule has 1 aromatic heterocycles. The lowest BCUT2D eigenvalue weighted by molar-refractivity contribution is 0.414. The number of hydrogen-bond donors (Lipinski definition) is 2. The Balaban J connectivity index is 2.26. The molecule has 0 unspecified atom stereocenters. The highest BCUT2D eigenvalue weighted by Crippen LogP contribution is 2.17. The van der Waals surface area contributed by atoms with E-state index in [4.69, 9.17) is 9.88 Å². The number of nitrogens with one attached hydrogen (secondary N) is 1. The van der Waals surface area contributed by atoms with Crippen LogP contribution < -0.4 is 9.88 Å². The molecule has 0 spiro atoms. The van der Waals surface area contributed by atoms with E-state index in [0.29, 0.717) is 12.1 Å². The number of nitrogens with zero attached hydrogens (tertiary/aromatic N) is 1. The van der Waals surface area contributed by atoms with E-state index in [9.17, 15) is 8.42 Å². The quantitative estimate of drug-likeness (QED) is 0.850. The third-order valence-electron chi connectivity index (χ3n) is 2.52. The van der Waals surface area contributed by atoms with Crippen molar-refractivity contribution in [3.8, 4) is 5.75 Å². The van der Waals surface area contributed by atoms with Crippen LogP contribution in [0.2, 0.25) is 0 Å². The summed E-state index contributed by atoms with van der Waals surface area (Å²) in [5, 5.41) is 11.5. The van der Waals surface area contributed by atoms with Crippen LogP contribution in [-0.2, 0) is 16.4 Å². The van der Waals surface area contributed by atoms with Crippen LogP contribution in [0.1, 0.15) is 11.3 Å². The van der Waals surface area contributed by atoms with Crippen LogP contribution in [0.25, 0.3) is 0 Å². The number of hydrogen-bond acceptors (Lipinski definition) is 4. The maximum Gasteiger partial charge on any atom is 0.241 e. The minimum absolute atomic E-state index is 0.0262. The summed E-state index contributed by atoms with van der Waals surface area (Å²) in [6, 6.07) is 7.30. The number of H-pyrrole nitrogens is 1. The Bertz CT molecular complexity index is 632. The van der Waals surface area contributed by atoms with Crippen LogP contribution in [0.5, 0.6) is 5.75 Å². The fourth-order valence-corrected chi connectivity index (χ4v) is 2.28. The number of sulfonamides is 1. The first kappa shape index (κ1) is 12.6. The Morgan fingerprint density at radius 1 is 1.33 bits per heavy atom. The van der Waals surface area contributed by atoms with Gasteiger partial charge in [-0.05, 0) is 17.7 Å². The van der Waals surface area contributed by atoms with Gasteiger partial charge in [0.05, 0.1) is 12.8 Å². The number of ether oxygens (including phenoxy) is 1. The zero-order valence-corrected chi connectivity index (χ0v) is 10.6. The first-order valence-corrected chi connectivity index (χ1v) is 6.73. The highest BCUT2D eigenvalue weighted by atomic mass is 32.2. The van der Waals surface area contributed by atoms with Crippen molar-refractivity contribution in [1.82, 2.24) is 10.2 Å². The molecule has 6 nitrogen and oxygen atoms in total. The number of nitrogens with two attached hydrogens (primary N) is 1. The molecule has 0 aliphatic heterocycles. The molecule has 0 saturated carbocycles. The lowest BCUT2D eigenvalue weighted by Gasteiger charge is -2.03. The largest absolute Gasteiger partial charge is 0.497 e. The zero-order valence-electron chi connectivity index (χ0n) is 9.75. The van der Waals surface area contributed by atoms with E-state index < -0.39 is 10.0 Å². The number of rotatable bonds is 4. The minimum atomic E-state index is -3.74. The summed E-state index contributed by atoms with van der Waals surface area (Å²) in [4.78, 5) is 0.0262. The normalized spacial score (nSPS) is 11.4. The average Bonchev–Trinajstić information content (AvgIpc) is 2.78. The summed E-state index contributed by atoms with van der Waals surface area (Å²) >= 11 is 0. The van der Waals surface area contributed by atoms with Crippen LogP contribution >= 0.6 is 0 Å². The Morgan fingerprint density at radius 3 is 2.56 bits per heavy atom. The summed E-state index contributed by atoms with van der Waals surface area (Å²) in [6.07, 6.45) is 1.67. The Kier molecular flexibility index (Phi) is 3.35. The van der Waals surface area contributed by atoms with Crippen molar-refractivity contribution in [1.29, 1.82) is 0 Å². The SMILES string of the molecule is COc1ccc(Cc2n[nH]cc2S(N)(=O)=O)cc1. The molecule has 0 amide bonds. The van der Waals surface area contributed by atoms with Gasteiger partial charge in [0, 0.05) is 12.6 Å². The van der Waals surface area contributed by atoms with Crippen LogP contribution in [-0.4, -0.2) is 25.7 Å². The molecule has 0 radical (unpaired) electrons. The summed E-state index contributed by atoms with van der Waals surface area (Å²) in [7, 11) is -2.16. The summed E-state index contributed by atoms with van der Waals surface area (Å²) < 4.78 is 27.7. The molecule has 3 N–H and O–H groups in total. The fraction of sp³-hybridized carbons (Fsp3) is 0.182. The third kappa shape index (κ3) is 2.69. The van der Waals surface area contributed by atoms with Crippen molar-refractivity contribution in [3.05, 3.63) is 41.7 Å². The first-order valence-electron chi connectivity index (χ1n) is 5.19. The van der Waals surface area contributed by atoms with Gasteiger partial charge in [-0.15, -0.1) is 0 Å². The summed E-state index contributed by atoms with van der Waals surface area (Å²) in [5.41, 5.74) is 1.33. The average molecular weight is 267 g/mol. The molecular weight excluding hydrogens is 254 g/mol. The Hall–Kier alpha value is -1.86. The maximum absolute atomic E-state index is 11.3. The van der Waals surface area contributed by atoms with Crippen molar-refractivity contribution < 1.29 is 13.2 Å². The third-order valence-corrected chi connectivity index (χ3v) is 3.48. The van der Waals surface area contributed by atoms with Crippen LogP contribution in [0.15, 0.2) is 35.4 Å². The second-order valence-corrected chi connectivity index (χ2v) is 5.30. The standard InChI is InChI=1S/C11H13N3O3S/c1-17-9-4-2-8(3-5-9)6-10-11(7-13-14-10)18(12,15)16/h2-5,7H,6H2,1H3,(H,13,14)(H2,12,15,16). The summed E-state index contributed by atoms with van der Waals surface area (Å²) in [5.74, 6) is 0.743. The first-order chi connectivity index (χ1) is 8.50. The van der Waals surface area contributed by atoms with Gasteiger partial charge in [-0.1, -0.05) is 12.1 Å². The number of benzene rings is 1. The molecule has 1 heterocycles. The van der Waals surface area contributed by atoms with Gasteiger partial charge in [-0.25, -0.2) is 13.6 Å². The van der Waals surface area contributed by atoms with E-state index in [-0.39, 0.29) is 4.90 Å². The molecular formula is C11H13N3O3S. The number of primary sulfonamides is 1. The molecule has 2 rings (SSSR count). The number of aromatic nitrogens is 2. The molecule has 0 saturated heterocycles. The Morgan fingerprint density at radius 2 is 2.00 bits per heavy atom. The molecule has 0 fully saturated rings. The van der Waals surface area contributed by atoms with Crippen molar-refractivity contribution in [2.45, 2.75) is 11.3 Å². The zero-order chi connectivity index (χ0) is 13.2. The van der Waals surface area contributed by atoms with E-state index in [1.54, 1.807) is 19.2 Å². The Labute approximate surface area is 105 Å². The van der Waals surface area contributed by atoms with Gasteiger partial charge >= 0.3 is 0 Å². The molecule has 2 aromatic rings. The smallest absolute Gasteiger partial charge is 0.241 e. The van der Waals surface area contributed by atoms with Gasteiger partial charge in [0.2, 0.25) is 10.0 Å². The van der Waals surface area contributed by atoms with E-state index in [1.165, 1.54) is 6.20 Å². The van der Waals surface area contributed by atoms with Crippen LogP contribution in [0.4, 0.5) is 0 Å². The van der Waals surface area contributed by atoms with E-state index >= 15 is 0 Å². The van der Waals surface area contributed by atoms with Gasteiger partial charge in [0.25, 0.3) is 0 Å². The maximum atomic E-state index is 11.3. The molecule has 7 heteroatoms. The predicted octanol–water partition coefficient (Wildman–Crippen LogP) is 0.657. The molecule has 0 bridgehead atoms. The highest BCUT2D eigenvalue weighted by molar-refractivity contribution is 7.89.